The lowest BCUT2D eigenvalue weighted by molar-refractivity contribution is -0.136. The molecule has 2 aromatic rings. The molecule has 0 radical (unpaired) electrons. The molecule has 1 unspecified atom stereocenters. The zero-order valence-electron chi connectivity index (χ0n) is 13.0. The molecule has 0 N–H and O–H groups in total. The van der Waals surface area contributed by atoms with E-state index in [1.807, 2.05) is 24.3 Å². The van der Waals surface area contributed by atoms with Crippen molar-refractivity contribution in [1.82, 2.24) is 0 Å². The van der Waals surface area contributed by atoms with E-state index in [4.69, 9.17) is 4.74 Å². The van der Waals surface area contributed by atoms with Crippen molar-refractivity contribution in [3.63, 3.8) is 0 Å². The van der Waals surface area contributed by atoms with Crippen LogP contribution in [0.2, 0.25) is 0 Å². The van der Waals surface area contributed by atoms with Gasteiger partial charge in [-0.1, -0.05) is 28.1 Å². The molecule has 25 heavy (non-hydrogen) atoms. The fourth-order valence-electron chi connectivity index (χ4n) is 3.32. The van der Waals surface area contributed by atoms with Crippen molar-refractivity contribution < 1.29 is 18.7 Å². The van der Waals surface area contributed by atoms with Crippen molar-refractivity contribution in [2.24, 2.45) is 0 Å². The lowest BCUT2D eigenvalue weighted by Crippen LogP contribution is -2.37. The smallest absolute Gasteiger partial charge is 0.336 e. The topological polar surface area (TPSA) is 46.6 Å². The van der Waals surface area contributed by atoms with E-state index in [1.54, 1.807) is 0 Å². The van der Waals surface area contributed by atoms with E-state index in [0.717, 1.165) is 10.0 Å². The minimum atomic E-state index is -0.400. The molecule has 1 amide bonds. The van der Waals surface area contributed by atoms with Gasteiger partial charge in [0.1, 0.15) is 12.4 Å². The third kappa shape index (κ3) is 2.76. The number of cyclic esters (lactones) is 1. The summed E-state index contributed by atoms with van der Waals surface area (Å²) in [4.78, 5) is 26.6. The molecule has 2 heterocycles. The van der Waals surface area contributed by atoms with Crippen molar-refractivity contribution in [3.05, 3.63) is 75.7 Å². The molecule has 0 spiro atoms. The molecule has 4 rings (SSSR count). The summed E-state index contributed by atoms with van der Waals surface area (Å²) in [6, 6.07) is 13.2. The van der Waals surface area contributed by atoms with E-state index in [2.05, 4.69) is 15.9 Å². The average Bonchev–Trinajstić information content (AvgIpc) is 2.98. The van der Waals surface area contributed by atoms with Crippen LogP contribution in [0.1, 0.15) is 17.9 Å². The van der Waals surface area contributed by atoms with Crippen molar-refractivity contribution >= 4 is 33.5 Å². The molecule has 2 aliphatic heterocycles. The first-order valence-electron chi connectivity index (χ1n) is 7.79. The van der Waals surface area contributed by atoms with E-state index in [9.17, 15) is 14.0 Å². The Morgan fingerprint density at radius 1 is 1.04 bits per heavy atom. The Hall–Kier alpha value is -2.47. The number of benzene rings is 2. The molecule has 6 heteroatoms. The lowest BCUT2D eigenvalue weighted by Gasteiger charge is -2.31. The number of carbonyl (C=O) groups is 2. The zero-order valence-corrected chi connectivity index (χ0v) is 14.6. The molecule has 1 atom stereocenters. The third-order valence-electron chi connectivity index (χ3n) is 4.47. The molecular weight excluding hydrogens is 389 g/mol. The van der Waals surface area contributed by atoms with Gasteiger partial charge in [-0.25, -0.2) is 9.18 Å². The van der Waals surface area contributed by atoms with Gasteiger partial charge in [0.15, 0.2) is 0 Å². The molecule has 0 fully saturated rings. The SMILES string of the molecule is O=C1OCC2=C1C(c1ccc(Br)cc1)CC(=O)N2c1ccc(F)cc1. The Morgan fingerprint density at radius 3 is 2.40 bits per heavy atom. The third-order valence-corrected chi connectivity index (χ3v) is 5.00. The van der Waals surface area contributed by atoms with Crippen molar-refractivity contribution in [1.29, 1.82) is 0 Å². The fourth-order valence-corrected chi connectivity index (χ4v) is 3.59. The van der Waals surface area contributed by atoms with Gasteiger partial charge in [0.2, 0.25) is 5.91 Å². The molecule has 4 nitrogen and oxygen atoms in total. The van der Waals surface area contributed by atoms with Crippen molar-refractivity contribution in [2.45, 2.75) is 12.3 Å². The molecule has 0 bridgehead atoms. The van der Waals surface area contributed by atoms with E-state index >= 15 is 0 Å². The maximum atomic E-state index is 13.2. The van der Waals surface area contributed by atoms with E-state index in [-0.39, 0.29) is 30.7 Å². The summed E-state index contributed by atoms with van der Waals surface area (Å²) in [7, 11) is 0. The minimum Gasteiger partial charge on any atom is -0.456 e. The van der Waals surface area contributed by atoms with Gasteiger partial charge < -0.3 is 4.74 Å². The number of ether oxygens (including phenoxy) is 1. The second kappa shape index (κ2) is 6.11. The van der Waals surface area contributed by atoms with Crippen LogP contribution in [0.15, 0.2) is 64.3 Å². The standard InChI is InChI=1S/C19H13BrFNO3/c20-12-3-1-11(2-4-12)15-9-17(23)22(14-7-5-13(21)6-8-14)16-10-25-19(24)18(15)16/h1-8,15H,9-10H2. The molecule has 2 aromatic carbocycles. The number of esters is 1. The number of hydrogen-bond donors (Lipinski definition) is 0. The summed E-state index contributed by atoms with van der Waals surface area (Å²) in [5.41, 5.74) is 2.47. The fraction of sp³-hybridized carbons (Fsp3) is 0.158. The number of anilines is 1. The number of nitrogens with zero attached hydrogens (tertiary/aromatic N) is 1. The largest absolute Gasteiger partial charge is 0.456 e. The highest BCUT2D eigenvalue weighted by Gasteiger charge is 2.42. The number of amides is 1. The highest BCUT2D eigenvalue weighted by atomic mass is 79.9. The van der Waals surface area contributed by atoms with Crippen LogP contribution >= 0.6 is 15.9 Å². The van der Waals surface area contributed by atoms with Crippen molar-refractivity contribution in [2.75, 3.05) is 11.5 Å². The first-order chi connectivity index (χ1) is 12.0. The quantitative estimate of drug-likeness (QED) is 0.716. The monoisotopic (exact) mass is 401 g/mol. The Bertz CT molecular complexity index is 890. The van der Waals surface area contributed by atoms with Crippen LogP contribution in [0.4, 0.5) is 10.1 Å². The van der Waals surface area contributed by atoms with Gasteiger partial charge in [-0.3, -0.25) is 9.69 Å². The first-order valence-corrected chi connectivity index (χ1v) is 8.58. The lowest BCUT2D eigenvalue weighted by atomic mass is 9.84. The second-order valence-corrected chi connectivity index (χ2v) is 6.87. The Balaban J connectivity index is 1.81. The van der Waals surface area contributed by atoms with Gasteiger partial charge in [0.05, 0.1) is 11.3 Å². The van der Waals surface area contributed by atoms with Gasteiger partial charge in [-0.2, -0.15) is 0 Å². The van der Waals surface area contributed by atoms with Crippen LogP contribution in [0.5, 0.6) is 0 Å². The van der Waals surface area contributed by atoms with Gasteiger partial charge in [0, 0.05) is 22.5 Å². The second-order valence-electron chi connectivity index (χ2n) is 5.95. The maximum absolute atomic E-state index is 13.2. The first kappa shape index (κ1) is 16.0. The molecule has 0 saturated carbocycles. The number of halogens is 2. The highest BCUT2D eigenvalue weighted by Crippen LogP contribution is 2.41. The Labute approximate surface area is 152 Å². The molecule has 126 valence electrons. The molecule has 0 saturated heterocycles. The maximum Gasteiger partial charge on any atom is 0.336 e. The van der Waals surface area contributed by atoms with Crippen LogP contribution in [0.25, 0.3) is 0 Å². The van der Waals surface area contributed by atoms with Crippen LogP contribution in [0.3, 0.4) is 0 Å². The van der Waals surface area contributed by atoms with Gasteiger partial charge >= 0.3 is 5.97 Å². The summed E-state index contributed by atoms with van der Waals surface area (Å²) >= 11 is 3.39. The molecule has 0 aromatic heterocycles. The van der Waals surface area contributed by atoms with Crippen LogP contribution in [-0.4, -0.2) is 18.5 Å². The minimum absolute atomic E-state index is 0.0459. The summed E-state index contributed by atoms with van der Waals surface area (Å²) in [5.74, 6) is -1.25. The summed E-state index contributed by atoms with van der Waals surface area (Å²) in [5, 5.41) is 0. The molecule has 0 aliphatic carbocycles. The number of hydrogen-bond acceptors (Lipinski definition) is 3. The Kier molecular flexibility index (Phi) is 3.92. The van der Waals surface area contributed by atoms with Gasteiger partial charge in [0.25, 0.3) is 0 Å². The number of carbonyl (C=O) groups excluding carboxylic acids is 2. The normalized spacial score (nSPS) is 19.9. The summed E-state index contributed by atoms with van der Waals surface area (Å²) in [6.45, 7) is 0.0459. The predicted molar refractivity (Wildman–Crippen MR) is 93.4 cm³/mol. The van der Waals surface area contributed by atoms with E-state index < -0.39 is 5.97 Å². The predicted octanol–water partition coefficient (Wildman–Crippen LogP) is 3.92. The summed E-state index contributed by atoms with van der Waals surface area (Å²) < 4.78 is 19.3. The van der Waals surface area contributed by atoms with Gasteiger partial charge in [-0.15, -0.1) is 0 Å². The highest BCUT2D eigenvalue weighted by molar-refractivity contribution is 9.10. The van der Waals surface area contributed by atoms with Crippen molar-refractivity contribution in [3.8, 4) is 0 Å². The van der Waals surface area contributed by atoms with E-state index in [0.29, 0.717) is 17.0 Å². The molecular formula is C19H13BrFNO3. The van der Waals surface area contributed by atoms with Crippen LogP contribution in [-0.2, 0) is 14.3 Å². The molecule has 2 aliphatic rings. The van der Waals surface area contributed by atoms with Crippen LogP contribution in [0, 0.1) is 5.82 Å². The Morgan fingerprint density at radius 2 is 1.72 bits per heavy atom. The van der Waals surface area contributed by atoms with Crippen LogP contribution < -0.4 is 4.90 Å². The number of rotatable bonds is 2. The van der Waals surface area contributed by atoms with Gasteiger partial charge in [-0.05, 0) is 42.0 Å². The average molecular weight is 402 g/mol. The van der Waals surface area contributed by atoms with E-state index in [1.165, 1.54) is 29.2 Å². The summed E-state index contributed by atoms with van der Waals surface area (Å²) in [6.07, 6.45) is 0.160. The zero-order chi connectivity index (χ0) is 17.6.